The van der Waals surface area contributed by atoms with Gasteiger partial charge in [-0.25, -0.2) is 13.7 Å². The summed E-state index contributed by atoms with van der Waals surface area (Å²) in [6, 6.07) is 3.58. The molecule has 1 aliphatic rings. The molecule has 26 heavy (non-hydrogen) atoms. The summed E-state index contributed by atoms with van der Waals surface area (Å²) in [4.78, 5) is 13.9. The van der Waals surface area contributed by atoms with Crippen molar-refractivity contribution in [3.8, 4) is 0 Å². The molecule has 0 radical (unpaired) electrons. The van der Waals surface area contributed by atoms with Crippen LogP contribution in [0.4, 0.5) is 4.39 Å². The highest BCUT2D eigenvalue weighted by Crippen LogP contribution is 2.37. The molecule has 1 atom stereocenters. The SMILES string of the molecule is Cc1c(C(=O)O)c2cccnn2c1C(C)C1CCN(CC(C)(C)F)CC1. The number of likely N-dealkylation sites (tertiary alicyclic amines) is 1. The molecule has 2 aromatic heterocycles. The number of carboxylic acids is 1. The third-order valence-electron chi connectivity index (χ3n) is 5.58. The Morgan fingerprint density at radius 3 is 2.65 bits per heavy atom. The van der Waals surface area contributed by atoms with Crippen LogP contribution >= 0.6 is 0 Å². The van der Waals surface area contributed by atoms with Crippen molar-refractivity contribution >= 4 is 11.5 Å². The first-order valence-corrected chi connectivity index (χ1v) is 9.30. The second-order valence-electron chi connectivity index (χ2n) is 8.13. The number of hydrogen-bond acceptors (Lipinski definition) is 3. The van der Waals surface area contributed by atoms with Gasteiger partial charge in [-0.05, 0) is 70.3 Å². The minimum Gasteiger partial charge on any atom is -0.478 e. The van der Waals surface area contributed by atoms with Gasteiger partial charge in [-0.1, -0.05) is 6.92 Å². The molecule has 142 valence electrons. The Morgan fingerprint density at radius 2 is 2.08 bits per heavy atom. The van der Waals surface area contributed by atoms with Crippen LogP contribution in [0.2, 0.25) is 0 Å². The molecule has 0 amide bonds. The summed E-state index contributed by atoms with van der Waals surface area (Å²) < 4.78 is 15.7. The first kappa shape index (κ1) is 18.8. The number of alkyl halides is 1. The Hall–Kier alpha value is -1.95. The Morgan fingerprint density at radius 1 is 1.42 bits per heavy atom. The maximum Gasteiger partial charge on any atom is 0.338 e. The maximum absolute atomic E-state index is 13.9. The highest BCUT2D eigenvalue weighted by atomic mass is 19.1. The average Bonchev–Trinajstić information content (AvgIpc) is 2.85. The zero-order valence-electron chi connectivity index (χ0n) is 16.0. The van der Waals surface area contributed by atoms with Crippen molar-refractivity contribution in [3.05, 3.63) is 35.2 Å². The van der Waals surface area contributed by atoms with Crippen LogP contribution < -0.4 is 0 Å². The third-order valence-corrected chi connectivity index (χ3v) is 5.58. The molecule has 1 fully saturated rings. The van der Waals surface area contributed by atoms with Gasteiger partial charge in [-0.2, -0.15) is 5.10 Å². The van der Waals surface area contributed by atoms with Crippen molar-refractivity contribution in [2.45, 2.75) is 52.1 Å². The lowest BCUT2D eigenvalue weighted by Gasteiger charge is -2.36. The number of hydrogen-bond donors (Lipinski definition) is 1. The Kier molecular flexibility index (Phi) is 5.06. The molecular weight excluding hydrogens is 333 g/mol. The van der Waals surface area contributed by atoms with Crippen LogP contribution in [0, 0.1) is 12.8 Å². The van der Waals surface area contributed by atoms with Gasteiger partial charge in [-0.15, -0.1) is 0 Å². The fraction of sp³-hybridized carbons (Fsp3) is 0.600. The van der Waals surface area contributed by atoms with Crippen molar-refractivity contribution in [2.75, 3.05) is 19.6 Å². The number of aromatic carboxylic acids is 1. The van der Waals surface area contributed by atoms with Gasteiger partial charge in [0.15, 0.2) is 0 Å². The van der Waals surface area contributed by atoms with Crippen molar-refractivity contribution in [1.29, 1.82) is 0 Å². The van der Waals surface area contributed by atoms with Gasteiger partial charge in [-0.3, -0.25) is 0 Å². The van der Waals surface area contributed by atoms with E-state index in [-0.39, 0.29) is 5.92 Å². The van der Waals surface area contributed by atoms with E-state index >= 15 is 0 Å². The largest absolute Gasteiger partial charge is 0.478 e. The summed E-state index contributed by atoms with van der Waals surface area (Å²) in [5, 5.41) is 14.0. The Labute approximate surface area is 153 Å². The van der Waals surface area contributed by atoms with Gasteiger partial charge >= 0.3 is 5.97 Å². The van der Waals surface area contributed by atoms with Gasteiger partial charge in [0, 0.05) is 24.4 Å². The van der Waals surface area contributed by atoms with Crippen LogP contribution in [0.5, 0.6) is 0 Å². The van der Waals surface area contributed by atoms with E-state index in [1.807, 2.05) is 13.0 Å². The van der Waals surface area contributed by atoms with E-state index in [0.717, 1.165) is 37.2 Å². The van der Waals surface area contributed by atoms with Gasteiger partial charge in [0.1, 0.15) is 5.67 Å². The zero-order valence-corrected chi connectivity index (χ0v) is 16.0. The van der Waals surface area contributed by atoms with Crippen molar-refractivity contribution in [1.82, 2.24) is 14.5 Å². The number of rotatable bonds is 5. The molecule has 0 aliphatic carbocycles. The van der Waals surface area contributed by atoms with Gasteiger partial charge in [0.25, 0.3) is 0 Å². The minimum absolute atomic E-state index is 0.200. The molecule has 3 rings (SSSR count). The topological polar surface area (TPSA) is 57.8 Å². The quantitative estimate of drug-likeness (QED) is 0.877. The van der Waals surface area contributed by atoms with Gasteiger partial charge < -0.3 is 10.0 Å². The number of aromatic nitrogens is 2. The summed E-state index contributed by atoms with van der Waals surface area (Å²) in [5.41, 5.74) is 1.61. The minimum atomic E-state index is -1.17. The van der Waals surface area contributed by atoms with Crippen LogP contribution in [0.25, 0.3) is 5.52 Å². The number of carboxylic acid groups (broad SMARTS) is 1. The van der Waals surface area contributed by atoms with E-state index in [4.69, 9.17) is 0 Å². The lowest BCUT2D eigenvalue weighted by atomic mass is 9.82. The van der Waals surface area contributed by atoms with Gasteiger partial charge in [0.05, 0.1) is 11.1 Å². The monoisotopic (exact) mass is 361 g/mol. The summed E-state index contributed by atoms with van der Waals surface area (Å²) in [5.74, 6) is -0.271. The molecule has 0 spiro atoms. The lowest BCUT2D eigenvalue weighted by molar-refractivity contribution is 0.0698. The highest BCUT2D eigenvalue weighted by Gasteiger charge is 2.32. The molecular formula is C20H28FN3O2. The van der Waals surface area contributed by atoms with E-state index < -0.39 is 11.6 Å². The van der Waals surface area contributed by atoms with Crippen LogP contribution in [0.1, 0.15) is 61.1 Å². The lowest BCUT2D eigenvalue weighted by Crippen LogP contribution is -2.41. The number of halogens is 1. The molecule has 1 aliphatic heterocycles. The zero-order chi connectivity index (χ0) is 19.1. The highest BCUT2D eigenvalue weighted by molar-refractivity contribution is 5.98. The predicted octanol–water partition coefficient (Wildman–Crippen LogP) is 3.90. The second-order valence-corrected chi connectivity index (χ2v) is 8.13. The van der Waals surface area contributed by atoms with Crippen molar-refractivity contribution in [2.24, 2.45) is 5.92 Å². The van der Waals surface area contributed by atoms with E-state index in [9.17, 15) is 14.3 Å². The number of carbonyl (C=O) groups is 1. The van der Waals surface area contributed by atoms with Crippen LogP contribution in [0.3, 0.4) is 0 Å². The first-order valence-electron chi connectivity index (χ1n) is 9.30. The molecule has 6 heteroatoms. The van der Waals surface area contributed by atoms with Crippen LogP contribution in [-0.4, -0.2) is 50.9 Å². The van der Waals surface area contributed by atoms with E-state index in [1.165, 1.54) is 0 Å². The summed E-state index contributed by atoms with van der Waals surface area (Å²) in [6.45, 7) is 9.51. The first-order chi connectivity index (χ1) is 12.2. The maximum atomic E-state index is 13.9. The summed E-state index contributed by atoms with van der Waals surface area (Å²) >= 11 is 0. The molecule has 1 saturated heterocycles. The molecule has 2 aromatic rings. The normalized spacial score (nSPS) is 18.3. The molecule has 0 bridgehead atoms. The third kappa shape index (κ3) is 3.61. The van der Waals surface area contributed by atoms with E-state index in [1.54, 1.807) is 30.6 Å². The molecule has 1 N–H and O–H groups in total. The standard InChI is InChI=1S/C20H28FN3O2/c1-13(15-7-10-23(11-8-15)12-20(3,4)21)18-14(2)17(19(25)26)16-6-5-9-22-24(16)18/h5-6,9,13,15H,7-8,10-12H2,1-4H3,(H,25,26). The Bertz CT molecular complexity index is 801. The van der Waals surface area contributed by atoms with Crippen molar-refractivity contribution < 1.29 is 14.3 Å². The molecule has 1 unspecified atom stereocenters. The summed E-state index contributed by atoms with van der Waals surface area (Å²) in [6.07, 6.45) is 3.67. The van der Waals surface area contributed by atoms with E-state index in [0.29, 0.717) is 23.5 Å². The fourth-order valence-electron chi connectivity index (χ4n) is 4.40. The summed E-state index contributed by atoms with van der Waals surface area (Å²) in [7, 11) is 0. The van der Waals surface area contributed by atoms with Gasteiger partial charge in [0.2, 0.25) is 0 Å². The fourth-order valence-corrected chi connectivity index (χ4v) is 4.40. The number of piperidine rings is 1. The van der Waals surface area contributed by atoms with Crippen LogP contribution in [0.15, 0.2) is 18.3 Å². The molecule has 5 nitrogen and oxygen atoms in total. The van der Waals surface area contributed by atoms with Crippen molar-refractivity contribution in [3.63, 3.8) is 0 Å². The number of fused-ring (bicyclic) bond motifs is 1. The Balaban J connectivity index is 1.84. The van der Waals surface area contributed by atoms with Crippen LogP contribution in [-0.2, 0) is 0 Å². The average molecular weight is 361 g/mol. The van der Waals surface area contributed by atoms with E-state index in [2.05, 4.69) is 16.9 Å². The second kappa shape index (κ2) is 6.99. The predicted molar refractivity (Wildman–Crippen MR) is 99.7 cm³/mol. The number of nitrogens with zero attached hydrogens (tertiary/aromatic N) is 3. The smallest absolute Gasteiger partial charge is 0.338 e. The molecule has 0 saturated carbocycles. The molecule has 0 aromatic carbocycles. The molecule has 3 heterocycles.